The number of piperidine rings is 2. The van der Waals surface area contributed by atoms with Crippen molar-refractivity contribution in [1.29, 1.82) is 0 Å². The number of hydrogen-bond acceptors (Lipinski definition) is 8. The largest absolute Gasteiger partial charge is 1.00 e. The highest BCUT2D eigenvalue weighted by Crippen LogP contribution is 2.40. The molecule has 12 heteroatoms. The molecule has 2 fully saturated rings. The van der Waals surface area contributed by atoms with E-state index >= 15 is 0 Å². The number of esters is 2. The standard InChI is InChI=1S/C21H24BrNO3.C11H14BrNO.C10H12O3.ClH/c1-2-25-20(24)15-26-19-9-5-17(6-10-19)21(11-13-23-14-12-21)16-3-7-18(22)8-4-16;12-10-3-1-9(2-4-10)11(14)5-7-13-8-6-11;1-2-12-10(11)8-13-9-6-4-3-5-7-9;/h3-10,23H,2,11-15H2,1H3;1-4,13-14H,5-8H2;3-7H,2,8H2,1H3;1H. The van der Waals surface area contributed by atoms with E-state index in [0.717, 1.165) is 66.4 Å². The van der Waals surface area contributed by atoms with E-state index < -0.39 is 5.60 Å². The summed E-state index contributed by atoms with van der Waals surface area (Å²) in [6.45, 7) is 8.26. The third kappa shape index (κ3) is 14.0. The van der Waals surface area contributed by atoms with E-state index in [2.05, 4.69) is 78.9 Å². The van der Waals surface area contributed by atoms with Crippen molar-refractivity contribution in [3.8, 4) is 11.5 Å². The minimum Gasteiger partial charge on any atom is -1.00 e. The number of nitrogens with two attached hydrogens (primary N) is 1. The van der Waals surface area contributed by atoms with Gasteiger partial charge in [-0.05, 0) is 105 Å². The van der Waals surface area contributed by atoms with Gasteiger partial charge in [0.15, 0.2) is 13.2 Å². The van der Waals surface area contributed by atoms with E-state index in [-0.39, 0.29) is 43.0 Å². The summed E-state index contributed by atoms with van der Waals surface area (Å²) in [7, 11) is 0. The van der Waals surface area contributed by atoms with Gasteiger partial charge in [-0.3, -0.25) is 0 Å². The molecule has 0 atom stereocenters. The van der Waals surface area contributed by atoms with Gasteiger partial charge in [0.25, 0.3) is 0 Å². The second kappa shape index (κ2) is 23.5. The third-order valence-corrected chi connectivity index (χ3v) is 10.3. The van der Waals surface area contributed by atoms with Crippen LogP contribution < -0.4 is 32.5 Å². The Morgan fingerprint density at radius 2 is 1.07 bits per heavy atom. The smallest absolute Gasteiger partial charge is 0.344 e. The molecule has 0 aliphatic carbocycles. The van der Waals surface area contributed by atoms with Gasteiger partial charge in [0.1, 0.15) is 11.5 Å². The predicted octanol–water partition coefficient (Wildman–Crippen LogP) is 3.69. The van der Waals surface area contributed by atoms with Crippen molar-refractivity contribution in [3.63, 3.8) is 0 Å². The highest BCUT2D eigenvalue weighted by Gasteiger charge is 2.37. The summed E-state index contributed by atoms with van der Waals surface area (Å²) in [5.74, 6) is 0.683. The number of halogens is 3. The monoisotopic (exact) mass is 888 g/mol. The number of benzene rings is 4. The van der Waals surface area contributed by atoms with Crippen molar-refractivity contribution < 1.29 is 51.4 Å². The molecule has 4 aromatic carbocycles. The van der Waals surface area contributed by atoms with Crippen LogP contribution in [0.5, 0.6) is 11.5 Å². The Morgan fingerprint density at radius 1 is 0.648 bits per heavy atom. The van der Waals surface area contributed by atoms with E-state index in [1.165, 1.54) is 11.1 Å². The normalized spacial score (nSPS) is 15.4. The van der Waals surface area contributed by atoms with Gasteiger partial charge in [0.05, 0.1) is 31.9 Å². The van der Waals surface area contributed by atoms with Gasteiger partial charge in [-0.25, -0.2) is 9.59 Å². The van der Waals surface area contributed by atoms with Gasteiger partial charge in [-0.1, -0.05) is 86.5 Å². The van der Waals surface area contributed by atoms with Crippen LogP contribution in [0.25, 0.3) is 0 Å². The minimum atomic E-state index is -0.619. The fourth-order valence-corrected chi connectivity index (χ4v) is 6.97. The first-order valence-electron chi connectivity index (χ1n) is 18.2. The van der Waals surface area contributed by atoms with Gasteiger partial charge in [-0.15, -0.1) is 0 Å². The van der Waals surface area contributed by atoms with Crippen LogP contribution in [0.2, 0.25) is 0 Å². The van der Waals surface area contributed by atoms with Gasteiger partial charge in [-0.2, -0.15) is 0 Å². The van der Waals surface area contributed by atoms with Gasteiger partial charge >= 0.3 is 11.9 Å². The molecule has 6 rings (SSSR count). The van der Waals surface area contributed by atoms with Gasteiger partial charge in [0.2, 0.25) is 0 Å². The zero-order valence-electron chi connectivity index (χ0n) is 30.9. The second-order valence-electron chi connectivity index (χ2n) is 12.8. The number of hydrogen-bond donors (Lipinski definition) is 3. The SMILES string of the molecule is CCOC(=O)COc1ccc(C2(c3ccc(Br)cc3)CC[NH2+]CC2)cc1.CCOC(=O)COc1ccccc1.OC1(c2ccc(Br)cc2)CCNCC1.[Cl-]. The number of nitrogens with one attached hydrogen (secondary N) is 1. The van der Waals surface area contributed by atoms with Crippen LogP contribution in [-0.2, 0) is 30.1 Å². The van der Waals surface area contributed by atoms with Crippen LogP contribution in [0, 0.1) is 0 Å². The molecule has 0 aromatic heterocycles. The molecule has 4 aromatic rings. The molecule has 0 saturated carbocycles. The Morgan fingerprint density at radius 3 is 1.54 bits per heavy atom. The molecule has 2 aliphatic heterocycles. The Labute approximate surface area is 342 Å². The molecular weight excluding hydrogens is 840 g/mol. The molecule has 0 radical (unpaired) electrons. The number of carbonyl (C=O) groups excluding carboxylic acids is 2. The molecule has 2 aliphatic rings. The topological polar surface area (TPSA) is 120 Å². The Kier molecular flexibility index (Phi) is 19.5. The average Bonchev–Trinajstić information content (AvgIpc) is 3.19. The molecule has 292 valence electrons. The van der Waals surface area contributed by atoms with Crippen molar-refractivity contribution in [2.45, 2.75) is 50.5 Å². The molecule has 9 nitrogen and oxygen atoms in total. The Bertz CT molecular complexity index is 1670. The van der Waals surface area contributed by atoms with Crippen molar-refractivity contribution in [1.82, 2.24) is 5.32 Å². The number of para-hydroxylation sites is 1. The van der Waals surface area contributed by atoms with Crippen molar-refractivity contribution in [2.75, 3.05) is 52.6 Å². The first-order valence-corrected chi connectivity index (χ1v) is 19.8. The van der Waals surface area contributed by atoms with E-state index in [4.69, 9.17) is 18.9 Å². The first kappa shape index (κ1) is 44.9. The molecule has 0 bridgehead atoms. The Hall–Kier alpha value is -3.45. The summed E-state index contributed by atoms with van der Waals surface area (Å²) in [6, 6.07) is 34.0. The number of quaternary nitrogens is 1. The lowest BCUT2D eigenvalue weighted by Crippen LogP contribution is -3.00. The highest BCUT2D eigenvalue weighted by molar-refractivity contribution is 9.10. The van der Waals surface area contributed by atoms with Gasteiger partial charge in [0, 0.05) is 27.2 Å². The maximum atomic E-state index is 11.4. The number of carbonyl (C=O) groups is 2. The summed E-state index contributed by atoms with van der Waals surface area (Å²) in [6.07, 6.45) is 3.82. The predicted molar refractivity (Wildman–Crippen MR) is 213 cm³/mol. The zero-order chi connectivity index (χ0) is 37.9. The van der Waals surface area contributed by atoms with E-state index in [0.29, 0.717) is 24.7 Å². The number of rotatable bonds is 11. The molecule has 4 N–H and O–H groups in total. The van der Waals surface area contributed by atoms with Crippen LogP contribution in [0.3, 0.4) is 0 Å². The summed E-state index contributed by atoms with van der Waals surface area (Å²) in [5, 5.41) is 16.0. The fourth-order valence-electron chi connectivity index (χ4n) is 6.45. The van der Waals surface area contributed by atoms with Crippen molar-refractivity contribution in [3.05, 3.63) is 129 Å². The quantitative estimate of drug-likeness (QED) is 0.196. The lowest BCUT2D eigenvalue weighted by atomic mass is 9.68. The van der Waals surface area contributed by atoms with Crippen LogP contribution >= 0.6 is 31.9 Å². The van der Waals surface area contributed by atoms with E-state index in [1.807, 2.05) is 54.6 Å². The summed E-state index contributed by atoms with van der Waals surface area (Å²) in [4.78, 5) is 22.3. The maximum absolute atomic E-state index is 11.4. The molecule has 2 heterocycles. The first-order chi connectivity index (χ1) is 25.7. The third-order valence-electron chi connectivity index (χ3n) is 9.23. The average molecular weight is 891 g/mol. The zero-order valence-corrected chi connectivity index (χ0v) is 34.8. The summed E-state index contributed by atoms with van der Waals surface area (Å²) >= 11 is 6.93. The minimum absolute atomic E-state index is 0. The van der Waals surface area contributed by atoms with Crippen molar-refractivity contribution >= 4 is 43.8 Å². The van der Waals surface area contributed by atoms with Gasteiger partial charge < -0.3 is 47.1 Å². The molecule has 0 unspecified atom stereocenters. The van der Waals surface area contributed by atoms with E-state index in [9.17, 15) is 14.7 Å². The van der Waals surface area contributed by atoms with Crippen LogP contribution in [0.1, 0.15) is 56.2 Å². The lowest BCUT2D eigenvalue weighted by molar-refractivity contribution is -0.665. The van der Waals surface area contributed by atoms with Crippen LogP contribution in [-0.4, -0.2) is 69.7 Å². The Balaban J connectivity index is 0.000000237. The van der Waals surface area contributed by atoms with Crippen LogP contribution in [0.4, 0.5) is 0 Å². The number of ether oxygens (including phenoxy) is 4. The molecule has 2 saturated heterocycles. The summed E-state index contributed by atoms with van der Waals surface area (Å²) < 4.78 is 22.4. The second-order valence-corrected chi connectivity index (χ2v) is 14.6. The maximum Gasteiger partial charge on any atom is 0.344 e. The highest BCUT2D eigenvalue weighted by atomic mass is 79.9. The summed E-state index contributed by atoms with van der Waals surface area (Å²) in [5.41, 5.74) is 3.11. The number of aliphatic hydroxyl groups is 1. The molecule has 0 spiro atoms. The molecule has 0 amide bonds. The van der Waals surface area contributed by atoms with E-state index in [1.54, 1.807) is 26.0 Å². The fraction of sp³-hybridized carbons (Fsp3) is 0.381. The van der Waals surface area contributed by atoms with Crippen LogP contribution in [0.15, 0.2) is 112 Å². The molecule has 54 heavy (non-hydrogen) atoms. The molecular formula is C42H51Br2ClN2O7. The lowest BCUT2D eigenvalue weighted by Gasteiger charge is -2.37. The van der Waals surface area contributed by atoms with Crippen molar-refractivity contribution in [2.24, 2.45) is 0 Å².